The topological polar surface area (TPSA) is 24.9 Å². The molecule has 1 unspecified atom stereocenters. The Kier molecular flexibility index (Phi) is 6.00. The molecule has 0 saturated heterocycles. The summed E-state index contributed by atoms with van der Waals surface area (Å²) in [6, 6.07) is 8.65. The zero-order valence-corrected chi connectivity index (χ0v) is 14.1. The van der Waals surface area contributed by atoms with Gasteiger partial charge in [0.15, 0.2) is 0 Å². The first-order valence-corrected chi connectivity index (χ1v) is 8.10. The minimum Gasteiger partial charge on any atom is -0.377 e. The Labute approximate surface area is 137 Å². The molecular weight excluding hydrogens is 355 g/mol. The zero-order chi connectivity index (χ0) is 15.2. The summed E-state index contributed by atoms with van der Waals surface area (Å²) in [6.07, 6.45) is 4.89. The minimum absolute atomic E-state index is 0.125. The number of hydrogen-bond acceptors (Lipinski definition) is 2. The Hall–Kier alpha value is -1.13. The highest BCUT2D eigenvalue weighted by Gasteiger charge is 2.12. The summed E-state index contributed by atoms with van der Waals surface area (Å²) < 4.78 is 13.8. The Morgan fingerprint density at radius 2 is 2.05 bits per heavy atom. The van der Waals surface area contributed by atoms with Crippen molar-refractivity contribution in [2.24, 2.45) is 0 Å². The molecule has 2 nitrogen and oxygen atoms in total. The first-order chi connectivity index (χ1) is 10.1. The molecule has 2 aromatic rings. The molecule has 0 aliphatic heterocycles. The van der Waals surface area contributed by atoms with Gasteiger partial charge in [-0.25, -0.2) is 9.37 Å². The summed E-state index contributed by atoms with van der Waals surface area (Å²) in [6.45, 7) is 2.15. The molecule has 1 atom stereocenters. The molecule has 0 spiro atoms. The van der Waals surface area contributed by atoms with E-state index in [1.54, 1.807) is 6.20 Å². The van der Waals surface area contributed by atoms with E-state index < -0.39 is 0 Å². The monoisotopic (exact) mass is 370 g/mol. The van der Waals surface area contributed by atoms with E-state index in [4.69, 9.17) is 11.6 Å². The molecule has 0 bridgehead atoms. The Morgan fingerprint density at radius 3 is 2.67 bits per heavy atom. The van der Waals surface area contributed by atoms with Crippen LogP contribution < -0.4 is 5.32 Å². The van der Waals surface area contributed by atoms with Gasteiger partial charge < -0.3 is 5.32 Å². The van der Waals surface area contributed by atoms with Crippen LogP contribution in [0.1, 0.15) is 37.8 Å². The summed E-state index contributed by atoms with van der Waals surface area (Å²) in [5.41, 5.74) is 1.95. The first-order valence-electron chi connectivity index (χ1n) is 6.93. The molecule has 112 valence electrons. The van der Waals surface area contributed by atoms with Crippen LogP contribution in [0.4, 0.5) is 10.1 Å². The van der Waals surface area contributed by atoms with E-state index >= 15 is 0 Å². The number of unbranched alkanes of at least 4 members (excludes halogenated alkanes) is 1. The molecule has 2 rings (SSSR count). The lowest BCUT2D eigenvalue weighted by Gasteiger charge is -2.20. The molecule has 1 N–H and O–H groups in total. The number of benzene rings is 1. The van der Waals surface area contributed by atoms with Crippen molar-refractivity contribution in [2.75, 3.05) is 5.32 Å². The average molecular weight is 372 g/mol. The molecule has 0 amide bonds. The molecule has 21 heavy (non-hydrogen) atoms. The largest absolute Gasteiger partial charge is 0.377 e. The molecule has 1 heterocycles. The van der Waals surface area contributed by atoms with Crippen molar-refractivity contribution in [2.45, 2.75) is 32.2 Å². The van der Waals surface area contributed by atoms with Crippen molar-refractivity contribution < 1.29 is 4.39 Å². The van der Waals surface area contributed by atoms with Gasteiger partial charge in [0.05, 0.1) is 22.4 Å². The molecule has 0 fully saturated rings. The summed E-state index contributed by atoms with van der Waals surface area (Å²) in [5.74, 6) is -0.219. The summed E-state index contributed by atoms with van der Waals surface area (Å²) in [4.78, 5) is 4.12. The van der Waals surface area contributed by atoms with Gasteiger partial charge in [-0.3, -0.25) is 0 Å². The van der Waals surface area contributed by atoms with E-state index in [-0.39, 0.29) is 11.9 Å². The molecule has 5 heteroatoms. The maximum atomic E-state index is 13.1. The Bertz CT molecular complexity index is 589. The van der Waals surface area contributed by atoms with Crippen molar-refractivity contribution in [3.8, 4) is 0 Å². The smallest absolute Gasteiger partial charge is 0.143 e. The number of nitrogens with zero attached hydrogens (tertiary/aromatic N) is 1. The molecule has 1 aromatic carbocycles. The quantitative estimate of drug-likeness (QED) is 0.632. The maximum Gasteiger partial charge on any atom is 0.143 e. The highest BCUT2D eigenvalue weighted by molar-refractivity contribution is 9.10. The number of aromatic nitrogens is 1. The lowest BCUT2D eigenvalue weighted by atomic mass is 10.0. The van der Waals surface area contributed by atoms with Crippen LogP contribution in [0.3, 0.4) is 0 Å². The minimum atomic E-state index is -0.219. The molecular formula is C16H17BrClFN2. The van der Waals surface area contributed by atoms with Gasteiger partial charge in [0.25, 0.3) is 0 Å². The van der Waals surface area contributed by atoms with Crippen LogP contribution in [-0.2, 0) is 0 Å². The highest BCUT2D eigenvalue weighted by Crippen LogP contribution is 2.28. The van der Waals surface area contributed by atoms with Crippen molar-refractivity contribution >= 4 is 33.2 Å². The average Bonchev–Trinajstić information content (AvgIpc) is 2.48. The van der Waals surface area contributed by atoms with E-state index in [9.17, 15) is 4.39 Å². The Morgan fingerprint density at radius 1 is 1.33 bits per heavy atom. The van der Waals surface area contributed by atoms with Crippen molar-refractivity contribution in [1.29, 1.82) is 0 Å². The van der Waals surface area contributed by atoms with Gasteiger partial charge in [-0.15, -0.1) is 0 Å². The SMILES string of the molecule is CCCCC(Nc1cnc(Cl)c(Br)c1)c1ccc(F)cc1. The van der Waals surface area contributed by atoms with Crippen molar-refractivity contribution in [1.82, 2.24) is 4.98 Å². The summed E-state index contributed by atoms with van der Waals surface area (Å²) in [5, 5.41) is 3.88. The normalized spacial score (nSPS) is 12.2. The zero-order valence-electron chi connectivity index (χ0n) is 11.7. The fourth-order valence-electron chi connectivity index (χ4n) is 2.13. The van der Waals surface area contributed by atoms with Crippen LogP contribution in [0, 0.1) is 5.82 Å². The molecule has 1 aromatic heterocycles. The lowest BCUT2D eigenvalue weighted by Crippen LogP contribution is -2.11. The van der Waals surface area contributed by atoms with Crippen molar-refractivity contribution in [3.05, 3.63) is 57.5 Å². The van der Waals surface area contributed by atoms with Crippen LogP contribution in [0.25, 0.3) is 0 Å². The number of hydrogen-bond donors (Lipinski definition) is 1. The number of anilines is 1. The lowest BCUT2D eigenvalue weighted by molar-refractivity contribution is 0.616. The third-order valence-electron chi connectivity index (χ3n) is 3.26. The van der Waals surface area contributed by atoms with Crippen LogP contribution in [0.5, 0.6) is 0 Å². The van der Waals surface area contributed by atoms with E-state index in [0.717, 1.165) is 35.0 Å². The van der Waals surface area contributed by atoms with Gasteiger partial charge in [0.1, 0.15) is 11.0 Å². The molecule has 0 radical (unpaired) electrons. The van der Waals surface area contributed by atoms with Crippen LogP contribution in [0.15, 0.2) is 41.0 Å². The fourth-order valence-corrected chi connectivity index (χ4v) is 2.58. The van der Waals surface area contributed by atoms with E-state index in [0.29, 0.717) is 5.15 Å². The van der Waals surface area contributed by atoms with E-state index in [1.165, 1.54) is 12.1 Å². The first kappa shape index (κ1) is 16.2. The van der Waals surface area contributed by atoms with Gasteiger partial charge >= 0.3 is 0 Å². The fraction of sp³-hybridized carbons (Fsp3) is 0.312. The highest BCUT2D eigenvalue weighted by atomic mass is 79.9. The predicted octanol–water partition coefficient (Wildman–Crippen LogP) is 5.98. The number of pyridine rings is 1. The summed E-state index contributed by atoms with van der Waals surface area (Å²) >= 11 is 9.28. The summed E-state index contributed by atoms with van der Waals surface area (Å²) in [7, 11) is 0. The van der Waals surface area contributed by atoms with Crippen LogP contribution in [-0.4, -0.2) is 4.98 Å². The molecule has 0 aliphatic rings. The third-order valence-corrected chi connectivity index (χ3v) is 4.39. The molecule has 0 aliphatic carbocycles. The second kappa shape index (κ2) is 7.76. The number of rotatable bonds is 6. The van der Waals surface area contributed by atoms with Crippen LogP contribution in [0.2, 0.25) is 5.15 Å². The maximum absolute atomic E-state index is 13.1. The molecule has 0 saturated carbocycles. The standard InChI is InChI=1S/C16H17BrClFN2/c1-2-3-4-15(11-5-7-12(19)8-6-11)21-13-9-14(17)16(18)20-10-13/h5-10,15,21H,2-4H2,1H3. The van der Waals surface area contributed by atoms with Crippen LogP contribution >= 0.6 is 27.5 Å². The van der Waals surface area contributed by atoms with Gasteiger partial charge in [0, 0.05) is 0 Å². The van der Waals surface area contributed by atoms with Gasteiger partial charge in [-0.1, -0.05) is 43.5 Å². The second-order valence-electron chi connectivity index (χ2n) is 4.89. The number of halogens is 3. The number of nitrogens with one attached hydrogen (secondary N) is 1. The van der Waals surface area contributed by atoms with E-state index in [1.807, 2.05) is 18.2 Å². The Balaban J connectivity index is 2.19. The van der Waals surface area contributed by atoms with Gasteiger partial charge in [-0.2, -0.15) is 0 Å². The predicted molar refractivity (Wildman–Crippen MR) is 89.2 cm³/mol. The van der Waals surface area contributed by atoms with Gasteiger partial charge in [-0.05, 0) is 46.1 Å². The van der Waals surface area contributed by atoms with E-state index in [2.05, 4.69) is 33.2 Å². The third kappa shape index (κ3) is 4.68. The second-order valence-corrected chi connectivity index (χ2v) is 6.10. The van der Waals surface area contributed by atoms with Gasteiger partial charge in [0.2, 0.25) is 0 Å². The van der Waals surface area contributed by atoms with Crippen molar-refractivity contribution in [3.63, 3.8) is 0 Å².